The zero-order valence-corrected chi connectivity index (χ0v) is 22.8. The van der Waals surface area contributed by atoms with Crippen LogP contribution in [0.2, 0.25) is 0 Å². The van der Waals surface area contributed by atoms with E-state index in [1.54, 1.807) is 60.7 Å². The second-order valence-corrected chi connectivity index (χ2v) is 9.42. The minimum atomic E-state index is -0.609. The molecule has 0 atom stereocenters. The van der Waals surface area contributed by atoms with Crippen LogP contribution in [0.1, 0.15) is 62.0 Å². The Labute approximate surface area is 239 Å². The Morgan fingerprint density at radius 2 is 1.44 bits per heavy atom. The van der Waals surface area contributed by atoms with Gasteiger partial charge in [0.2, 0.25) is 0 Å². The summed E-state index contributed by atoms with van der Waals surface area (Å²) in [5.41, 5.74) is 9.22. The van der Waals surface area contributed by atoms with Crippen molar-refractivity contribution in [2.24, 2.45) is 5.73 Å². The van der Waals surface area contributed by atoms with Crippen molar-refractivity contribution in [2.75, 3.05) is 11.9 Å². The van der Waals surface area contributed by atoms with E-state index in [4.69, 9.17) is 15.9 Å². The third-order valence-corrected chi connectivity index (χ3v) is 6.45. The van der Waals surface area contributed by atoms with Crippen molar-refractivity contribution in [3.05, 3.63) is 125 Å². The molecule has 0 unspecified atom stereocenters. The van der Waals surface area contributed by atoms with Gasteiger partial charge in [-0.1, -0.05) is 67.9 Å². The normalized spacial score (nSPS) is 10.5. The van der Waals surface area contributed by atoms with Gasteiger partial charge in [-0.05, 0) is 65.6 Å². The van der Waals surface area contributed by atoms with Gasteiger partial charge >= 0.3 is 5.97 Å². The lowest BCUT2D eigenvalue weighted by molar-refractivity contribution is 0.0473. The maximum absolute atomic E-state index is 13.4. The second-order valence-electron chi connectivity index (χ2n) is 9.42. The summed E-state index contributed by atoms with van der Waals surface area (Å²) < 4.78 is 5.64. The fourth-order valence-corrected chi connectivity index (χ4v) is 4.22. The summed E-state index contributed by atoms with van der Waals surface area (Å²) in [4.78, 5) is 39.6. The number of nitrogens with two attached hydrogens (primary N) is 1. The molecule has 41 heavy (non-hydrogen) atoms. The van der Waals surface area contributed by atoms with Crippen LogP contribution >= 0.6 is 0 Å². The largest absolute Gasteiger partial charge is 0.457 e. The lowest BCUT2D eigenvalue weighted by Crippen LogP contribution is -2.24. The van der Waals surface area contributed by atoms with Crippen molar-refractivity contribution >= 4 is 29.3 Å². The number of ether oxygens (including phenoxy) is 1. The van der Waals surface area contributed by atoms with Gasteiger partial charge in [0.05, 0.1) is 5.56 Å². The molecular weight excluding hydrogens is 516 g/mol. The molecule has 0 radical (unpaired) electrons. The van der Waals surface area contributed by atoms with Crippen molar-refractivity contribution in [3.63, 3.8) is 0 Å². The van der Waals surface area contributed by atoms with Crippen LogP contribution in [0.25, 0.3) is 11.1 Å². The molecule has 0 aromatic heterocycles. The zero-order valence-electron chi connectivity index (χ0n) is 22.8. The molecule has 8 heteroatoms. The smallest absolute Gasteiger partial charge is 0.339 e. The zero-order chi connectivity index (χ0) is 29.2. The number of rotatable bonds is 11. The van der Waals surface area contributed by atoms with Crippen molar-refractivity contribution in [3.8, 4) is 11.1 Å². The number of amidine groups is 1. The van der Waals surface area contributed by atoms with Gasteiger partial charge in [0, 0.05) is 28.9 Å². The third-order valence-electron chi connectivity index (χ3n) is 6.45. The number of carbonyl (C=O) groups is 3. The summed E-state index contributed by atoms with van der Waals surface area (Å²) in [5, 5.41) is 13.3. The van der Waals surface area contributed by atoms with E-state index in [1.165, 1.54) is 6.07 Å². The van der Waals surface area contributed by atoms with E-state index in [-0.39, 0.29) is 29.8 Å². The SMILES string of the molecule is CCCCNC(=O)c1ccc(-c2ccccc2C(=O)Nc2ccc(C(=N)N)cc2)c(C(=O)OCc2ccccc2)c1. The standard InChI is InChI=1S/C33H32N4O4/c1-2-3-19-36-31(38)24-15-18-27(29(20-24)33(40)41-21-22-9-5-4-6-10-22)26-11-7-8-12-28(26)32(39)37-25-16-13-23(14-17-25)30(34)35/h4-18,20H,2-3,19,21H2,1H3,(H3,34,35)(H,36,38)(H,37,39). The highest BCUT2D eigenvalue weighted by molar-refractivity contribution is 6.11. The van der Waals surface area contributed by atoms with E-state index in [1.807, 2.05) is 37.3 Å². The lowest BCUT2D eigenvalue weighted by Gasteiger charge is -2.15. The summed E-state index contributed by atoms with van der Waals surface area (Å²) in [6.45, 7) is 2.63. The number of hydrogen-bond donors (Lipinski definition) is 4. The summed E-state index contributed by atoms with van der Waals surface area (Å²) in [6, 6.07) is 27.7. The van der Waals surface area contributed by atoms with Gasteiger partial charge in [-0.25, -0.2) is 4.79 Å². The van der Waals surface area contributed by atoms with Crippen LogP contribution in [0.3, 0.4) is 0 Å². The van der Waals surface area contributed by atoms with Crippen molar-refractivity contribution in [2.45, 2.75) is 26.4 Å². The third kappa shape index (κ3) is 7.45. The number of nitrogen functional groups attached to an aromatic ring is 1. The minimum absolute atomic E-state index is 0.0599. The Morgan fingerprint density at radius 3 is 2.15 bits per heavy atom. The van der Waals surface area contributed by atoms with E-state index in [0.717, 1.165) is 18.4 Å². The number of nitrogens with one attached hydrogen (secondary N) is 3. The Morgan fingerprint density at radius 1 is 0.780 bits per heavy atom. The topological polar surface area (TPSA) is 134 Å². The highest BCUT2D eigenvalue weighted by Crippen LogP contribution is 2.30. The van der Waals surface area contributed by atoms with E-state index < -0.39 is 5.97 Å². The van der Waals surface area contributed by atoms with E-state index in [9.17, 15) is 14.4 Å². The molecule has 2 amide bonds. The number of carbonyl (C=O) groups excluding carboxylic acids is 3. The predicted molar refractivity (Wildman–Crippen MR) is 160 cm³/mol. The molecule has 0 bridgehead atoms. The molecule has 5 N–H and O–H groups in total. The molecule has 0 saturated carbocycles. The maximum Gasteiger partial charge on any atom is 0.339 e. The Balaban J connectivity index is 1.67. The van der Waals surface area contributed by atoms with Crippen LogP contribution in [0.5, 0.6) is 0 Å². The van der Waals surface area contributed by atoms with Gasteiger partial charge < -0.3 is 21.1 Å². The molecule has 4 aromatic rings. The maximum atomic E-state index is 13.4. The fourth-order valence-electron chi connectivity index (χ4n) is 4.22. The first-order chi connectivity index (χ1) is 19.9. The summed E-state index contributed by atoms with van der Waals surface area (Å²) in [5.74, 6) is -1.35. The minimum Gasteiger partial charge on any atom is -0.457 e. The van der Waals surface area contributed by atoms with Crippen LogP contribution in [0, 0.1) is 5.41 Å². The van der Waals surface area contributed by atoms with Gasteiger partial charge in [0.25, 0.3) is 11.8 Å². The van der Waals surface area contributed by atoms with Gasteiger partial charge in [0.1, 0.15) is 12.4 Å². The Hall–Kier alpha value is -5.24. The molecule has 0 aliphatic heterocycles. The number of hydrogen-bond acceptors (Lipinski definition) is 5. The van der Waals surface area contributed by atoms with Gasteiger partial charge in [0.15, 0.2) is 0 Å². The molecule has 8 nitrogen and oxygen atoms in total. The van der Waals surface area contributed by atoms with Crippen LogP contribution in [0.15, 0.2) is 97.1 Å². The number of benzene rings is 4. The summed E-state index contributed by atoms with van der Waals surface area (Å²) in [7, 11) is 0. The van der Waals surface area contributed by atoms with Crippen molar-refractivity contribution in [1.29, 1.82) is 5.41 Å². The van der Waals surface area contributed by atoms with Gasteiger partial charge in [-0.2, -0.15) is 0 Å². The van der Waals surface area contributed by atoms with E-state index in [2.05, 4.69) is 10.6 Å². The van der Waals surface area contributed by atoms with Crippen LogP contribution in [0.4, 0.5) is 5.69 Å². The first-order valence-corrected chi connectivity index (χ1v) is 13.4. The van der Waals surface area contributed by atoms with Crippen LogP contribution in [-0.2, 0) is 11.3 Å². The predicted octanol–water partition coefficient (Wildman–Crippen LogP) is 5.78. The summed E-state index contributed by atoms with van der Waals surface area (Å²) in [6.07, 6.45) is 1.78. The molecule has 4 aromatic carbocycles. The number of unbranched alkanes of at least 4 members (excludes halogenated alkanes) is 1. The average Bonchev–Trinajstić information content (AvgIpc) is 3.00. The molecule has 0 heterocycles. The molecule has 0 spiro atoms. The van der Waals surface area contributed by atoms with Crippen LogP contribution < -0.4 is 16.4 Å². The van der Waals surface area contributed by atoms with Crippen molar-refractivity contribution in [1.82, 2.24) is 5.32 Å². The second kappa shape index (κ2) is 13.7. The molecular formula is C33H32N4O4. The molecule has 208 valence electrons. The first-order valence-electron chi connectivity index (χ1n) is 13.4. The van der Waals surface area contributed by atoms with E-state index in [0.29, 0.717) is 40.0 Å². The van der Waals surface area contributed by atoms with E-state index >= 15 is 0 Å². The highest BCUT2D eigenvalue weighted by atomic mass is 16.5. The van der Waals surface area contributed by atoms with Gasteiger partial charge in [-0.15, -0.1) is 0 Å². The van der Waals surface area contributed by atoms with Gasteiger partial charge in [-0.3, -0.25) is 15.0 Å². The summed E-state index contributed by atoms with van der Waals surface area (Å²) >= 11 is 0. The average molecular weight is 549 g/mol. The Bertz CT molecular complexity index is 1550. The Kier molecular flexibility index (Phi) is 9.62. The molecule has 0 saturated heterocycles. The number of esters is 1. The lowest BCUT2D eigenvalue weighted by atomic mass is 9.93. The number of anilines is 1. The monoisotopic (exact) mass is 548 g/mol. The number of amides is 2. The molecule has 0 aliphatic rings. The fraction of sp³-hybridized carbons (Fsp3) is 0.152. The molecule has 0 fully saturated rings. The van der Waals surface area contributed by atoms with Crippen LogP contribution in [-0.4, -0.2) is 30.2 Å². The molecule has 4 rings (SSSR count). The van der Waals surface area contributed by atoms with Crippen molar-refractivity contribution < 1.29 is 19.1 Å². The quantitative estimate of drug-likeness (QED) is 0.0816. The highest BCUT2D eigenvalue weighted by Gasteiger charge is 2.21. The molecule has 0 aliphatic carbocycles. The first kappa shape index (κ1) is 28.8.